The van der Waals surface area contributed by atoms with Gasteiger partial charge in [0.15, 0.2) is 0 Å². The summed E-state index contributed by atoms with van der Waals surface area (Å²) in [5.41, 5.74) is -0.961. The van der Waals surface area contributed by atoms with E-state index in [9.17, 15) is 23.5 Å². The Balaban J connectivity index is 1.94. The van der Waals surface area contributed by atoms with E-state index in [1.54, 1.807) is 6.92 Å². The van der Waals surface area contributed by atoms with Crippen molar-refractivity contribution in [2.75, 3.05) is 0 Å². The van der Waals surface area contributed by atoms with Gasteiger partial charge in [-0.2, -0.15) is 5.10 Å². The van der Waals surface area contributed by atoms with Crippen molar-refractivity contribution < 1.29 is 18.7 Å². The molecule has 0 radical (unpaired) electrons. The molecule has 1 saturated carbocycles. The Hall–Kier alpha value is -2.35. The lowest BCUT2D eigenvalue weighted by atomic mass is 9.77. The normalized spacial score (nSPS) is 22.4. The Morgan fingerprint density at radius 3 is 2.57 bits per heavy atom. The zero-order valence-corrected chi connectivity index (χ0v) is 16.4. The van der Waals surface area contributed by atoms with E-state index >= 15 is 0 Å². The molecule has 0 spiro atoms. The zero-order valence-electron chi connectivity index (χ0n) is 16.4. The van der Waals surface area contributed by atoms with Crippen LogP contribution in [0.1, 0.15) is 57.7 Å². The number of hydrogen-bond acceptors (Lipinski definition) is 4. The molecule has 2 aromatic rings. The van der Waals surface area contributed by atoms with Gasteiger partial charge in [0.1, 0.15) is 6.54 Å². The van der Waals surface area contributed by atoms with Crippen LogP contribution in [0.4, 0.5) is 8.78 Å². The lowest BCUT2D eigenvalue weighted by Crippen LogP contribution is -2.54. The molecule has 0 aliphatic heterocycles. The van der Waals surface area contributed by atoms with E-state index in [1.807, 2.05) is 13.8 Å². The maximum Gasteiger partial charge on any atom is 0.275 e. The molecule has 2 N–H and O–H groups in total. The number of nitrogens with one attached hydrogen (secondary N) is 1. The quantitative estimate of drug-likeness (QED) is 0.818. The number of aliphatic hydroxyl groups is 1. The van der Waals surface area contributed by atoms with Crippen LogP contribution in [0.25, 0.3) is 10.8 Å². The topological polar surface area (TPSA) is 84.2 Å². The predicted octanol–water partition coefficient (Wildman–Crippen LogP) is 2.66. The molecule has 152 valence electrons. The molecule has 0 unspecified atom stereocenters. The number of rotatable bonds is 5. The molecule has 0 atom stereocenters. The molecule has 28 heavy (non-hydrogen) atoms. The first-order valence-corrected chi connectivity index (χ1v) is 9.32. The van der Waals surface area contributed by atoms with Crippen molar-refractivity contribution in [2.45, 2.75) is 70.6 Å². The maximum atomic E-state index is 13.7. The van der Waals surface area contributed by atoms with Gasteiger partial charge in [-0.1, -0.05) is 19.9 Å². The van der Waals surface area contributed by atoms with E-state index in [-0.39, 0.29) is 35.4 Å². The van der Waals surface area contributed by atoms with E-state index in [0.29, 0.717) is 23.9 Å². The van der Waals surface area contributed by atoms with Crippen molar-refractivity contribution in [1.82, 2.24) is 15.1 Å². The molecular formula is C20H25F2N3O3. The van der Waals surface area contributed by atoms with Crippen LogP contribution in [-0.4, -0.2) is 32.4 Å². The van der Waals surface area contributed by atoms with Crippen LogP contribution in [-0.2, 0) is 17.3 Å². The van der Waals surface area contributed by atoms with Gasteiger partial charge in [0.05, 0.1) is 16.7 Å². The Labute approximate surface area is 161 Å². The number of carbonyl (C=O) groups is 1. The molecule has 1 heterocycles. The molecule has 1 amide bonds. The lowest BCUT2D eigenvalue weighted by molar-refractivity contribution is -0.125. The van der Waals surface area contributed by atoms with Gasteiger partial charge in [0.2, 0.25) is 5.91 Å². The molecular weight excluding hydrogens is 368 g/mol. The number of benzene rings is 1. The van der Waals surface area contributed by atoms with Gasteiger partial charge in [-0.05, 0) is 37.8 Å². The smallest absolute Gasteiger partial charge is 0.275 e. The first kappa shape index (κ1) is 20.4. The largest absolute Gasteiger partial charge is 0.390 e. The highest BCUT2D eigenvalue weighted by Crippen LogP contribution is 2.32. The average molecular weight is 393 g/mol. The molecule has 0 bridgehead atoms. The van der Waals surface area contributed by atoms with Crippen LogP contribution in [0, 0.1) is 0 Å². The summed E-state index contributed by atoms with van der Waals surface area (Å²) in [7, 11) is 0. The number of amides is 1. The maximum absolute atomic E-state index is 13.7. The van der Waals surface area contributed by atoms with Crippen molar-refractivity contribution in [3.63, 3.8) is 0 Å². The molecule has 3 rings (SSSR count). The van der Waals surface area contributed by atoms with Gasteiger partial charge >= 0.3 is 0 Å². The number of aromatic nitrogens is 2. The summed E-state index contributed by atoms with van der Waals surface area (Å²) in [4.78, 5) is 25.1. The predicted molar refractivity (Wildman–Crippen MR) is 101 cm³/mol. The first-order valence-electron chi connectivity index (χ1n) is 9.32. The third-order valence-corrected chi connectivity index (χ3v) is 5.07. The molecule has 1 aliphatic rings. The van der Waals surface area contributed by atoms with Crippen LogP contribution in [0.3, 0.4) is 0 Å². The van der Waals surface area contributed by atoms with Crippen LogP contribution in [0.15, 0.2) is 23.0 Å². The summed E-state index contributed by atoms with van der Waals surface area (Å²) in [6.45, 7) is 5.95. The highest BCUT2D eigenvalue weighted by atomic mass is 19.3. The summed E-state index contributed by atoms with van der Waals surface area (Å²) in [5.74, 6) is -3.53. The summed E-state index contributed by atoms with van der Waals surface area (Å²) in [6.07, 6.45) is 0.925. The van der Waals surface area contributed by atoms with Gasteiger partial charge in [-0.25, -0.2) is 13.5 Å². The van der Waals surface area contributed by atoms with E-state index in [0.717, 1.165) is 11.6 Å². The van der Waals surface area contributed by atoms with Crippen LogP contribution >= 0.6 is 0 Å². The van der Waals surface area contributed by atoms with Gasteiger partial charge in [-0.3, -0.25) is 9.59 Å². The highest BCUT2D eigenvalue weighted by Gasteiger charge is 2.39. The Morgan fingerprint density at radius 2 is 2.04 bits per heavy atom. The van der Waals surface area contributed by atoms with Crippen molar-refractivity contribution in [3.05, 3.63) is 39.8 Å². The number of nitrogens with zero attached hydrogens (tertiary/aromatic N) is 2. The second-order valence-corrected chi connectivity index (χ2v) is 8.32. The van der Waals surface area contributed by atoms with Crippen molar-refractivity contribution >= 4 is 16.7 Å². The second kappa shape index (κ2) is 6.92. The van der Waals surface area contributed by atoms with Crippen LogP contribution in [0.5, 0.6) is 0 Å². The van der Waals surface area contributed by atoms with E-state index in [1.165, 1.54) is 18.2 Å². The molecule has 8 heteroatoms. The Kier molecular flexibility index (Phi) is 5.04. The van der Waals surface area contributed by atoms with Crippen molar-refractivity contribution in [3.8, 4) is 0 Å². The Bertz CT molecular complexity index is 969. The third kappa shape index (κ3) is 4.06. The van der Waals surface area contributed by atoms with Gasteiger partial charge in [0, 0.05) is 23.9 Å². The Morgan fingerprint density at radius 1 is 1.39 bits per heavy atom. The standard InChI is InChI=1S/C20H25F2N3O3/c1-11(2)17-15-7-12(20(4,21)22)5-6-14(15)18(27)25(24-17)10-16(26)23-13-8-19(3,28)9-13/h5-7,11,13,28H,8-10H2,1-4H3,(H,23,26)/t13-,19+. The minimum Gasteiger partial charge on any atom is -0.390 e. The summed E-state index contributed by atoms with van der Waals surface area (Å²) >= 11 is 0. The van der Waals surface area contributed by atoms with Crippen LogP contribution < -0.4 is 10.9 Å². The highest BCUT2D eigenvalue weighted by molar-refractivity contribution is 5.85. The fourth-order valence-electron chi connectivity index (χ4n) is 3.63. The average Bonchev–Trinajstić information content (AvgIpc) is 2.54. The van der Waals surface area contributed by atoms with Gasteiger partial charge in [0.25, 0.3) is 11.5 Å². The number of fused-ring (bicyclic) bond motifs is 1. The van der Waals surface area contributed by atoms with Crippen molar-refractivity contribution in [1.29, 1.82) is 0 Å². The van der Waals surface area contributed by atoms with E-state index < -0.39 is 17.1 Å². The number of halogens is 2. The summed E-state index contributed by atoms with van der Waals surface area (Å²) in [6, 6.07) is 3.78. The summed E-state index contributed by atoms with van der Waals surface area (Å²) in [5, 5.41) is 17.5. The van der Waals surface area contributed by atoms with E-state index in [4.69, 9.17) is 0 Å². The molecule has 6 nitrogen and oxygen atoms in total. The monoisotopic (exact) mass is 393 g/mol. The van der Waals surface area contributed by atoms with Crippen molar-refractivity contribution in [2.24, 2.45) is 0 Å². The van der Waals surface area contributed by atoms with Crippen LogP contribution in [0.2, 0.25) is 0 Å². The third-order valence-electron chi connectivity index (χ3n) is 5.07. The first-order chi connectivity index (χ1) is 12.9. The SMILES string of the molecule is CC(C)c1nn(CC(=O)N[C@H]2C[C@@](C)(O)C2)c(=O)c2ccc(C(C)(F)F)cc12. The van der Waals surface area contributed by atoms with Gasteiger partial charge in [-0.15, -0.1) is 0 Å². The lowest BCUT2D eigenvalue weighted by Gasteiger charge is -2.41. The second-order valence-electron chi connectivity index (χ2n) is 8.32. The summed E-state index contributed by atoms with van der Waals surface area (Å²) < 4.78 is 28.5. The minimum atomic E-state index is -3.03. The number of hydrogen-bond donors (Lipinski definition) is 2. The zero-order chi connectivity index (χ0) is 20.9. The fourth-order valence-corrected chi connectivity index (χ4v) is 3.63. The number of carbonyl (C=O) groups excluding carboxylic acids is 1. The minimum absolute atomic E-state index is 0.125. The number of alkyl halides is 2. The molecule has 0 saturated heterocycles. The molecule has 1 aromatic carbocycles. The van der Waals surface area contributed by atoms with E-state index in [2.05, 4.69) is 10.4 Å². The molecule has 1 aliphatic carbocycles. The van der Waals surface area contributed by atoms with Gasteiger partial charge < -0.3 is 10.4 Å². The fraction of sp³-hybridized carbons (Fsp3) is 0.550. The molecule has 1 aromatic heterocycles. The molecule has 1 fully saturated rings.